The number of imidazole rings is 1. The Bertz CT molecular complexity index is 967. The van der Waals surface area contributed by atoms with Crippen LogP contribution in [0.5, 0.6) is 0 Å². The van der Waals surface area contributed by atoms with Crippen LogP contribution in [0, 0.1) is 0 Å². The highest BCUT2D eigenvalue weighted by Crippen LogP contribution is 2.24. The number of rotatable bonds is 4. The summed E-state index contributed by atoms with van der Waals surface area (Å²) in [5.74, 6) is 0.947. The smallest absolute Gasteiger partial charge is 0.154 e. The molecule has 0 spiro atoms. The Morgan fingerprint density at radius 3 is 2.96 bits per heavy atom. The third kappa shape index (κ3) is 2.32. The lowest BCUT2D eigenvalue weighted by atomic mass is 10.1. The van der Waals surface area contributed by atoms with Crippen LogP contribution in [0.3, 0.4) is 0 Å². The zero-order valence-electron chi connectivity index (χ0n) is 13.2. The third-order valence-corrected chi connectivity index (χ3v) is 4.03. The maximum absolute atomic E-state index is 4.75. The highest BCUT2D eigenvalue weighted by atomic mass is 15.3. The normalized spacial score (nSPS) is 11.4. The molecule has 0 radical (unpaired) electrons. The molecule has 1 N–H and O–H groups in total. The number of benzene rings is 1. The fourth-order valence-electron chi connectivity index (χ4n) is 2.82. The average Bonchev–Trinajstić information content (AvgIpc) is 3.20. The van der Waals surface area contributed by atoms with Gasteiger partial charge >= 0.3 is 0 Å². The number of fused-ring (bicyclic) bond motifs is 2. The van der Waals surface area contributed by atoms with Gasteiger partial charge in [0.25, 0.3) is 0 Å². The fourth-order valence-corrected chi connectivity index (χ4v) is 2.82. The molecule has 0 atom stereocenters. The first-order valence-corrected chi connectivity index (χ1v) is 7.75. The van der Waals surface area contributed by atoms with Crippen LogP contribution < -0.4 is 4.90 Å². The number of nitrogens with zero attached hydrogens (tertiary/aromatic N) is 5. The monoisotopic (exact) mass is 306 g/mol. The third-order valence-electron chi connectivity index (χ3n) is 4.03. The first kappa shape index (κ1) is 13.8. The van der Waals surface area contributed by atoms with Gasteiger partial charge < -0.3 is 4.90 Å². The number of nitrogens with one attached hydrogen (secondary N) is 1. The Kier molecular flexibility index (Phi) is 3.22. The zero-order chi connectivity index (χ0) is 15.8. The van der Waals surface area contributed by atoms with Crippen LogP contribution >= 0.6 is 0 Å². The Morgan fingerprint density at radius 1 is 1.17 bits per heavy atom. The summed E-state index contributed by atoms with van der Waals surface area (Å²) in [5.41, 5.74) is 3.93. The molecule has 6 heteroatoms. The van der Waals surface area contributed by atoms with Crippen molar-refractivity contribution < 1.29 is 0 Å². The van der Waals surface area contributed by atoms with Gasteiger partial charge in [0.2, 0.25) is 0 Å². The molecule has 0 saturated carbocycles. The van der Waals surface area contributed by atoms with E-state index in [1.807, 2.05) is 35.1 Å². The molecule has 3 aromatic heterocycles. The number of hydrogen-bond donors (Lipinski definition) is 1. The molecule has 0 bridgehead atoms. The van der Waals surface area contributed by atoms with Gasteiger partial charge in [-0.1, -0.05) is 13.0 Å². The van der Waals surface area contributed by atoms with Crippen LogP contribution in [0.4, 0.5) is 5.82 Å². The molecule has 4 aromatic rings. The van der Waals surface area contributed by atoms with Crippen LogP contribution in [0.15, 0.2) is 42.7 Å². The molecular formula is C17H18N6. The first-order valence-electron chi connectivity index (χ1n) is 7.75. The predicted molar refractivity (Wildman–Crippen MR) is 91.6 cm³/mol. The Morgan fingerprint density at radius 2 is 2.09 bits per heavy atom. The van der Waals surface area contributed by atoms with Crippen molar-refractivity contribution in [2.24, 2.45) is 0 Å². The van der Waals surface area contributed by atoms with E-state index in [2.05, 4.69) is 46.2 Å². The summed E-state index contributed by atoms with van der Waals surface area (Å²) in [4.78, 5) is 6.62. The first-order chi connectivity index (χ1) is 11.3. The van der Waals surface area contributed by atoms with E-state index in [4.69, 9.17) is 5.10 Å². The SMILES string of the molecule is CCCN(C)c1ccc2ncc(-c3ccc4[nH]ncc4c3)n2n1. The van der Waals surface area contributed by atoms with Gasteiger partial charge in [-0.2, -0.15) is 5.10 Å². The van der Waals surface area contributed by atoms with Crippen molar-refractivity contribution in [2.45, 2.75) is 13.3 Å². The predicted octanol–water partition coefficient (Wildman–Crippen LogP) is 3.12. The molecular weight excluding hydrogens is 288 g/mol. The summed E-state index contributed by atoms with van der Waals surface area (Å²) in [7, 11) is 2.06. The number of aromatic amines is 1. The molecule has 116 valence electrons. The van der Waals surface area contributed by atoms with Gasteiger partial charge in [0, 0.05) is 24.5 Å². The minimum absolute atomic E-state index is 0.848. The van der Waals surface area contributed by atoms with E-state index in [1.165, 1.54) is 0 Å². The maximum Gasteiger partial charge on any atom is 0.154 e. The van der Waals surface area contributed by atoms with E-state index >= 15 is 0 Å². The molecule has 0 aliphatic heterocycles. The number of anilines is 1. The molecule has 0 amide bonds. The fraction of sp³-hybridized carbons (Fsp3) is 0.235. The summed E-state index contributed by atoms with van der Waals surface area (Å²) in [6.07, 6.45) is 4.79. The summed E-state index contributed by atoms with van der Waals surface area (Å²) < 4.78 is 1.91. The number of aromatic nitrogens is 5. The second-order valence-corrected chi connectivity index (χ2v) is 5.70. The average molecular weight is 306 g/mol. The summed E-state index contributed by atoms with van der Waals surface area (Å²) >= 11 is 0. The van der Waals surface area contributed by atoms with E-state index in [9.17, 15) is 0 Å². The summed E-state index contributed by atoms with van der Waals surface area (Å²) in [5, 5.41) is 12.9. The Hall–Kier alpha value is -2.89. The molecule has 23 heavy (non-hydrogen) atoms. The van der Waals surface area contributed by atoms with E-state index in [-0.39, 0.29) is 0 Å². The lowest BCUT2D eigenvalue weighted by Gasteiger charge is -2.17. The maximum atomic E-state index is 4.75. The lowest BCUT2D eigenvalue weighted by molar-refractivity contribution is 0.810. The molecule has 0 aliphatic rings. The second-order valence-electron chi connectivity index (χ2n) is 5.70. The van der Waals surface area contributed by atoms with Crippen LogP contribution in [0.1, 0.15) is 13.3 Å². The molecule has 1 aromatic carbocycles. The van der Waals surface area contributed by atoms with E-state index in [0.717, 1.165) is 46.6 Å². The molecule has 0 aliphatic carbocycles. The van der Waals surface area contributed by atoms with Gasteiger partial charge in [-0.05, 0) is 30.7 Å². The van der Waals surface area contributed by atoms with Gasteiger partial charge in [-0.25, -0.2) is 9.50 Å². The largest absolute Gasteiger partial charge is 0.358 e. The molecule has 4 rings (SSSR count). The summed E-state index contributed by atoms with van der Waals surface area (Å²) in [6.45, 7) is 3.14. The Balaban J connectivity index is 1.84. The van der Waals surface area contributed by atoms with Gasteiger partial charge in [0.1, 0.15) is 5.82 Å². The van der Waals surface area contributed by atoms with Crippen molar-refractivity contribution >= 4 is 22.4 Å². The number of hydrogen-bond acceptors (Lipinski definition) is 4. The van der Waals surface area contributed by atoms with Crippen LogP contribution in [0.2, 0.25) is 0 Å². The van der Waals surface area contributed by atoms with Gasteiger partial charge in [-0.15, -0.1) is 5.10 Å². The van der Waals surface area contributed by atoms with Gasteiger partial charge in [0.15, 0.2) is 5.65 Å². The molecule has 0 fully saturated rings. The molecule has 6 nitrogen and oxygen atoms in total. The van der Waals surface area contributed by atoms with Crippen molar-refractivity contribution in [1.82, 2.24) is 24.8 Å². The van der Waals surface area contributed by atoms with Crippen LogP contribution in [0.25, 0.3) is 27.8 Å². The minimum atomic E-state index is 0.848. The van der Waals surface area contributed by atoms with E-state index in [0.29, 0.717) is 0 Å². The zero-order valence-corrected chi connectivity index (χ0v) is 13.2. The van der Waals surface area contributed by atoms with Crippen molar-refractivity contribution in [3.05, 3.63) is 42.7 Å². The molecule has 3 heterocycles. The molecule has 0 unspecified atom stereocenters. The van der Waals surface area contributed by atoms with Crippen molar-refractivity contribution in [2.75, 3.05) is 18.5 Å². The van der Waals surface area contributed by atoms with Crippen molar-refractivity contribution in [3.8, 4) is 11.3 Å². The molecule has 0 saturated heterocycles. The van der Waals surface area contributed by atoms with Gasteiger partial charge in [0.05, 0.1) is 23.6 Å². The van der Waals surface area contributed by atoms with Crippen LogP contribution in [-0.4, -0.2) is 38.4 Å². The standard InChI is InChI=1S/C17H18N6/c1-3-8-22(2)17-7-6-16-18-11-15(23(16)21-17)12-4-5-14-13(9-12)10-19-20-14/h4-7,9-11H,3,8H2,1-2H3,(H,19,20). The highest BCUT2D eigenvalue weighted by Gasteiger charge is 2.10. The minimum Gasteiger partial charge on any atom is -0.358 e. The Labute approximate surface area is 133 Å². The quantitative estimate of drug-likeness (QED) is 0.629. The van der Waals surface area contributed by atoms with Gasteiger partial charge in [-0.3, -0.25) is 5.10 Å². The second kappa shape index (κ2) is 5.39. The van der Waals surface area contributed by atoms with Crippen molar-refractivity contribution in [3.63, 3.8) is 0 Å². The topological polar surface area (TPSA) is 62.1 Å². The van der Waals surface area contributed by atoms with E-state index in [1.54, 1.807) is 0 Å². The van der Waals surface area contributed by atoms with E-state index < -0.39 is 0 Å². The lowest BCUT2D eigenvalue weighted by Crippen LogP contribution is -2.19. The van der Waals surface area contributed by atoms with Crippen LogP contribution in [-0.2, 0) is 0 Å². The highest BCUT2D eigenvalue weighted by molar-refractivity contribution is 5.83. The summed E-state index contributed by atoms with van der Waals surface area (Å²) in [6, 6.07) is 10.2. The van der Waals surface area contributed by atoms with Crippen molar-refractivity contribution in [1.29, 1.82) is 0 Å². The number of H-pyrrole nitrogens is 1.